The van der Waals surface area contributed by atoms with Gasteiger partial charge in [0.15, 0.2) is 5.82 Å². The van der Waals surface area contributed by atoms with Crippen molar-refractivity contribution in [1.82, 2.24) is 9.78 Å². The van der Waals surface area contributed by atoms with Crippen LogP contribution >= 0.6 is 0 Å². The minimum absolute atomic E-state index is 0.131. The van der Waals surface area contributed by atoms with Gasteiger partial charge in [-0.2, -0.15) is 18.8 Å². The predicted molar refractivity (Wildman–Crippen MR) is 141 cm³/mol. The van der Waals surface area contributed by atoms with Gasteiger partial charge >= 0.3 is 0 Å². The van der Waals surface area contributed by atoms with Gasteiger partial charge in [0.2, 0.25) is 0 Å². The summed E-state index contributed by atoms with van der Waals surface area (Å²) in [5, 5.41) is 28.4. The summed E-state index contributed by atoms with van der Waals surface area (Å²) in [4.78, 5) is -0.303. The number of nitrogens with one attached hydrogen (secondary N) is 1. The van der Waals surface area contributed by atoms with Crippen molar-refractivity contribution in [1.29, 1.82) is 5.26 Å². The normalized spacial score (nSPS) is 11.6. The first-order chi connectivity index (χ1) is 17.8. The maximum absolute atomic E-state index is 11.7. The summed E-state index contributed by atoms with van der Waals surface area (Å²) in [5.74, 6) is 0.131. The molecule has 9 nitrogen and oxygen atoms in total. The summed E-state index contributed by atoms with van der Waals surface area (Å²) < 4.78 is 34.2. The molecule has 0 bridgehead atoms. The summed E-state index contributed by atoms with van der Waals surface area (Å²) >= 11 is 0. The second-order valence-electron chi connectivity index (χ2n) is 8.15. The van der Waals surface area contributed by atoms with Crippen LogP contribution in [0.25, 0.3) is 16.5 Å². The average molecular weight is 509 g/mol. The number of anilines is 2. The van der Waals surface area contributed by atoms with Crippen molar-refractivity contribution >= 4 is 43.8 Å². The Morgan fingerprint density at radius 3 is 2.46 bits per heavy atom. The van der Waals surface area contributed by atoms with E-state index in [0.29, 0.717) is 22.8 Å². The molecule has 0 aliphatic rings. The van der Waals surface area contributed by atoms with Crippen LogP contribution < -0.4 is 5.32 Å². The lowest BCUT2D eigenvalue weighted by Gasteiger charge is -2.11. The number of nitriles is 1. The maximum atomic E-state index is 11.7. The smallest absolute Gasteiger partial charge is 0.294 e. The molecule has 5 aromatic rings. The zero-order valence-electron chi connectivity index (χ0n) is 19.6. The number of benzene rings is 4. The van der Waals surface area contributed by atoms with Crippen LogP contribution in [0, 0.1) is 18.3 Å². The molecule has 0 aliphatic carbocycles. The van der Waals surface area contributed by atoms with Gasteiger partial charge in [-0.05, 0) is 48.7 Å². The molecule has 0 fully saturated rings. The van der Waals surface area contributed by atoms with Gasteiger partial charge in [-0.25, -0.2) is 4.68 Å². The molecule has 0 radical (unpaired) electrons. The molecular formula is C27H20N6O3S. The van der Waals surface area contributed by atoms with Crippen molar-refractivity contribution in [2.45, 2.75) is 11.8 Å². The lowest BCUT2D eigenvalue weighted by molar-refractivity contribution is 0.483. The third-order valence-corrected chi connectivity index (χ3v) is 6.56. The SMILES string of the molecule is Cc1nn(-c2cccc(S(=O)(=O)O)c2)c(N=Nc2c(Nc3ccccc3)ccc3ccccc23)c1C#N. The second-order valence-corrected chi connectivity index (χ2v) is 9.58. The van der Waals surface area contributed by atoms with Gasteiger partial charge in [-0.15, -0.1) is 10.2 Å². The van der Waals surface area contributed by atoms with Crippen molar-refractivity contribution in [3.8, 4) is 11.8 Å². The van der Waals surface area contributed by atoms with E-state index in [-0.39, 0.29) is 16.3 Å². The number of nitrogens with zero attached hydrogens (tertiary/aromatic N) is 5. The van der Waals surface area contributed by atoms with E-state index >= 15 is 0 Å². The van der Waals surface area contributed by atoms with E-state index in [1.54, 1.807) is 13.0 Å². The van der Waals surface area contributed by atoms with Gasteiger partial charge in [-0.1, -0.05) is 54.6 Å². The molecule has 1 aromatic heterocycles. The largest absolute Gasteiger partial charge is 0.354 e. The van der Waals surface area contributed by atoms with Crippen LogP contribution in [0.15, 0.2) is 106 Å². The minimum atomic E-state index is -4.44. The molecule has 5 rings (SSSR count). The molecule has 0 aliphatic heterocycles. The lowest BCUT2D eigenvalue weighted by Crippen LogP contribution is -2.01. The first-order valence-electron chi connectivity index (χ1n) is 11.2. The summed E-state index contributed by atoms with van der Waals surface area (Å²) in [7, 11) is -4.44. The van der Waals surface area contributed by atoms with Crippen LogP contribution in [-0.2, 0) is 10.1 Å². The van der Waals surface area contributed by atoms with Gasteiger partial charge in [0, 0.05) is 11.1 Å². The topological polar surface area (TPSA) is 133 Å². The summed E-state index contributed by atoms with van der Waals surface area (Å²) in [6, 6.07) is 29.0. The van der Waals surface area contributed by atoms with Crippen LogP contribution in [0.3, 0.4) is 0 Å². The Kier molecular flexibility index (Phi) is 6.23. The van der Waals surface area contributed by atoms with Crippen LogP contribution in [0.4, 0.5) is 22.9 Å². The Morgan fingerprint density at radius 2 is 1.70 bits per heavy atom. The molecule has 4 aromatic carbocycles. The zero-order valence-corrected chi connectivity index (χ0v) is 20.4. The lowest BCUT2D eigenvalue weighted by atomic mass is 10.1. The zero-order chi connectivity index (χ0) is 26.0. The molecule has 1 heterocycles. The summed E-state index contributed by atoms with van der Waals surface area (Å²) in [6.45, 7) is 1.65. The highest BCUT2D eigenvalue weighted by atomic mass is 32.2. The van der Waals surface area contributed by atoms with E-state index in [1.165, 1.54) is 22.9 Å². The molecule has 37 heavy (non-hydrogen) atoms. The highest BCUT2D eigenvalue weighted by Crippen LogP contribution is 2.38. The van der Waals surface area contributed by atoms with Gasteiger partial charge in [0.05, 0.1) is 22.0 Å². The monoisotopic (exact) mass is 508 g/mol. The van der Waals surface area contributed by atoms with Crippen molar-refractivity contribution in [3.63, 3.8) is 0 Å². The molecular weight excluding hydrogens is 488 g/mol. The summed E-state index contributed by atoms with van der Waals surface area (Å²) in [6.07, 6.45) is 0. The Labute approximate surface area is 213 Å². The fourth-order valence-corrected chi connectivity index (χ4v) is 4.45. The molecule has 0 amide bonds. The standard InChI is InChI=1S/C27H20N6O3S/c1-18-24(17-28)27(33(32-18)21-11-7-12-22(16-21)37(34,35)36)31-30-26-23-13-6-5-8-19(23)14-15-25(26)29-20-9-3-2-4-10-20/h2-16,29H,1H3,(H,34,35,36). The van der Waals surface area contributed by atoms with E-state index in [4.69, 9.17) is 0 Å². The molecule has 0 saturated carbocycles. The number of para-hydroxylation sites is 1. The van der Waals surface area contributed by atoms with Gasteiger partial charge in [0.25, 0.3) is 10.1 Å². The number of aryl methyl sites for hydroxylation is 1. The number of hydrogen-bond acceptors (Lipinski definition) is 7. The fraction of sp³-hybridized carbons (Fsp3) is 0.0370. The number of rotatable bonds is 6. The van der Waals surface area contributed by atoms with Crippen molar-refractivity contribution in [3.05, 3.63) is 102 Å². The number of hydrogen-bond donors (Lipinski definition) is 2. The van der Waals surface area contributed by atoms with Gasteiger partial charge in [0.1, 0.15) is 17.3 Å². The Bertz CT molecular complexity index is 1810. The molecule has 0 atom stereocenters. The predicted octanol–water partition coefficient (Wildman–Crippen LogP) is 6.61. The van der Waals surface area contributed by atoms with Crippen LogP contribution in [0.5, 0.6) is 0 Å². The number of fused-ring (bicyclic) bond motifs is 1. The average Bonchev–Trinajstić information content (AvgIpc) is 3.23. The fourth-order valence-electron chi connectivity index (χ4n) is 3.93. The van der Waals surface area contributed by atoms with E-state index in [0.717, 1.165) is 16.5 Å². The van der Waals surface area contributed by atoms with E-state index < -0.39 is 10.1 Å². The van der Waals surface area contributed by atoms with Gasteiger partial charge in [-0.3, -0.25) is 4.55 Å². The maximum Gasteiger partial charge on any atom is 0.294 e. The molecule has 182 valence electrons. The van der Waals surface area contributed by atoms with Crippen LogP contribution in [0.2, 0.25) is 0 Å². The third-order valence-electron chi connectivity index (χ3n) is 5.71. The van der Waals surface area contributed by atoms with Crippen molar-refractivity contribution in [2.75, 3.05) is 5.32 Å². The van der Waals surface area contributed by atoms with Gasteiger partial charge < -0.3 is 5.32 Å². The first kappa shape index (κ1) is 23.9. The highest BCUT2D eigenvalue weighted by Gasteiger charge is 2.19. The molecule has 2 N–H and O–H groups in total. The van der Waals surface area contributed by atoms with E-state index in [9.17, 15) is 18.2 Å². The first-order valence-corrected chi connectivity index (χ1v) is 12.6. The van der Waals surface area contributed by atoms with Crippen molar-refractivity contribution in [2.24, 2.45) is 10.2 Å². The second kappa shape index (κ2) is 9.66. The minimum Gasteiger partial charge on any atom is -0.354 e. The number of azo groups is 1. The molecule has 0 saturated heterocycles. The third kappa shape index (κ3) is 4.81. The Hall–Kier alpha value is -4.85. The van der Waals surface area contributed by atoms with Crippen LogP contribution in [0.1, 0.15) is 11.3 Å². The quantitative estimate of drug-likeness (QED) is 0.196. The van der Waals surface area contributed by atoms with Crippen molar-refractivity contribution < 1.29 is 13.0 Å². The van der Waals surface area contributed by atoms with E-state index in [2.05, 4.69) is 26.7 Å². The molecule has 0 unspecified atom stereocenters. The summed E-state index contributed by atoms with van der Waals surface area (Å²) in [5.41, 5.74) is 3.03. The Balaban J connectivity index is 1.67. The Morgan fingerprint density at radius 1 is 0.946 bits per heavy atom. The highest BCUT2D eigenvalue weighted by molar-refractivity contribution is 7.85. The number of aromatic nitrogens is 2. The molecule has 0 spiro atoms. The van der Waals surface area contributed by atoms with E-state index in [1.807, 2.05) is 66.7 Å². The molecule has 10 heteroatoms. The van der Waals surface area contributed by atoms with Crippen LogP contribution in [-0.4, -0.2) is 22.8 Å².